The van der Waals surface area contributed by atoms with Crippen LogP contribution in [0.3, 0.4) is 0 Å². The molecule has 0 amide bonds. The third kappa shape index (κ3) is 36.7. The van der Waals surface area contributed by atoms with E-state index in [9.17, 15) is 19.8 Å². The lowest BCUT2D eigenvalue weighted by Gasteiger charge is -2.33. The number of hydrogen-bond acceptors (Lipinski definition) is 7. The Morgan fingerprint density at radius 3 is 1.33 bits per heavy atom. The van der Waals surface area contributed by atoms with Crippen LogP contribution in [0, 0.1) is 0 Å². The molecule has 0 saturated heterocycles. The number of aliphatic hydroxyl groups is 2. The molecule has 346 valence electrons. The van der Waals surface area contributed by atoms with Gasteiger partial charge in [-0.25, -0.2) is 0 Å². The van der Waals surface area contributed by atoms with Crippen molar-refractivity contribution >= 4 is 11.9 Å². The highest BCUT2D eigenvalue weighted by atomic mass is 16.5. The second-order valence-corrected chi connectivity index (χ2v) is 17.8. The average Bonchev–Trinajstić information content (AvgIpc) is 3.21. The van der Waals surface area contributed by atoms with Gasteiger partial charge in [0.1, 0.15) is 12.2 Å². The van der Waals surface area contributed by atoms with Gasteiger partial charge in [-0.2, -0.15) is 0 Å². The quantitative estimate of drug-likeness (QED) is 0.0466. The molecule has 0 aromatic carbocycles. The summed E-state index contributed by atoms with van der Waals surface area (Å²) < 4.78 is 11.9. The fraction of sp³-hybridized carbons (Fsp3) is 0.961. The van der Waals surface area contributed by atoms with E-state index in [-0.39, 0.29) is 36.9 Å². The molecule has 7 nitrogen and oxygen atoms in total. The number of carbonyl (C=O) groups is 2. The minimum Gasteiger partial charge on any atom is -0.462 e. The van der Waals surface area contributed by atoms with Gasteiger partial charge >= 0.3 is 11.9 Å². The van der Waals surface area contributed by atoms with Gasteiger partial charge in [-0.15, -0.1) is 0 Å². The normalized spacial score (nSPS) is 13.3. The van der Waals surface area contributed by atoms with Crippen LogP contribution in [0.15, 0.2) is 0 Å². The molecular formula is C51H101NO6. The molecule has 0 aliphatic heterocycles. The minimum atomic E-state index is -0.377. The fourth-order valence-electron chi connectivity index (χ4n) is 8.42. The third-order valence-corrected chi connectivity index (χ3v) is 12.3. The summed E-state index contributed by atoms with van der Waals surface area (Å²) in [6.45, 7) is 13.0. The zero-order valence-corrected chi connectivity index (χ0v) is 39.6. The van der Waals surface area contributed by atoms with Gasteiger partial charge in [0, 0.05) is 32.0 Å². The summed E-state index contributed by atoms with van der Waals surface area (Å²) in [6.07, 6.45) is 40.1. The van der Waals surface area contributed by atoms with Crippen molar-refractivity contribution in [2.75, 3.05) is 19.7 Å². The molecule has 2 N–H and O–H groups in total. The zero-order valence-electron chi connectivity index (χ0n) is 39.6. The van der Waals surface area contributed by atoms with Crippen molar-refractivity contribution in [2.24, 2.45) is 0 Å². The first-order valence-corrected chi connectivity index (χ1v) is 25.8. The summed E-state index contributed by atoms with van der Waals surface area (Å²) in [4.78, 5) is 27.9. The highest BCUT2D eigenvalue weighted by Gasteiger charge is 2.20. The zero-order chi connectivity index (χ0) is 42.7. The molecule has 0 saturated carbocycles. The standard InChI is InChI=1S/C51H101NO6/c1-6-11-14-17-21-28-38-48(10-5)57-50(55)42-32-26-27-37-47(54)45-52(46(9-4)36-33-35-44-53)43-34-25-20-24-31-41-51(56)58-49(39-29-22-18-15-12-7-2)40-30-23-19-16-13-8-3/h46-49,53-54H,6-45H2,1-5H3. The number of nitrogens with zero attached hydrogens (tertiary/aromatic N) is 1. The van der Waals surface area contributed by atoms with Gasteiger partial charge < -0.3 is 19.7 Å². The van der Waals surface area contributed by atoms with E-state index in [0.29, 0.717) is 25.4 Å². The second kappa shape index (κ2) is 43.9. The summed E-state index contributed by atoms with van der Waals surface area (Å²) >= 11 is 0. The molecule has 0 heterocycles. The van der Waals surface area contributed by atoms with E-state index in [2.05, 4.69) is 39.5 Å². The van der Waals surface area contributed by atoms with Gasteiger partial charge in [-0.05, 0) is 103 Å². The number of hydrogen-bond donors (Lipinski definition) is 2. The van der Waals surface area contributed by atoms with Crippen molar-refractivity contribution in [3.05, 3.63) is 0 Å². The highest BCUT2D eigenvalue weighted by molar-refractivity contribution is 5.69. The Balaban J connectivity index is 4.59. The lowest BCUT2D eigenvalue weighted by Crippen LogP contribution is -2.41. The van der Waals surface area contributed by atoms with E-state index in [0.717, 1.165) is 122 Å². The van der Waals surface area contributed by atoms with E-state index in [4.69, 9.17) is 9.47 Å². The molecule has 58 heavy (non-hydrogen) atoms. The van der Waals surface area contributed by atoms with Crippen molar-refractivity contribution in [1.29, 1.82) is 0 Å². The maximum atomic E-state index is 12.9. The lowest BCUT2D eigenvalue weighted by molar-refractivity contribution is -0.150. The maximum Gasteiger partial charge on any atom is 0.306 e. The monoisotopic (exact) mass is 824 g/mol. The van der Waals surface area contributed by atoms with Crippen LogP contribution in [-0.4, -0.2) is 71.1 Å². The van der Waals surface area contributed by atoms with E-state index in [1.807, 2.05) is 0 Å². The predicted molar refractivity (Wildman–Crippen MR) is 247 cm³/mol. The van der Waals surface area contributed by atoms with Crippen molar-refractivity contribution in [3.63, 3.8) is 0 Å². The molecule has 3 atom stereocenters. The molecule has 0 aromatic rings. The molecule has 3 unspecified atom stereocenters. The molecule has 0 aliphatic carbocycles. The van der Waals surface area contributed by atoms with Crippen LogP contribution >= 0.6 is 0 Å². The van der Waals surface area contributed by atoms with Crippen molar-refractivity contribution in [2.45, 2.75) is 297 Å². The second-order valence-electron chi connectivity index (χ2n) is 17.8. The molecule has 0 bridgehead atoms. The van der Waals surface area contributed by atoms with Crippen LogP contribution in [0.25, 0.3) is 0 Å². The van der Waals surface area contributed by atoms with E-state index < -0.39 is 0 Å². The summed E-state index contributed by atoms with van der Waals surface area (Å²) in [5, 5.41) is 20.5. The van der Waals surface area contributed by atoms with Crippen LogP contribution in [0.2, 0.25) is 0 Å². The topological polar surface area (TPSA) is 96.3 Å². The van der Waals surface area contributed by atoms with E-state index in [1.54, 1.807) is 0 Å². The molecule has 0 aliphatic rings. The molecule has 0 rings (SSSR count). The number of esters is 2. The number of aliphatic hydroxyl groups excluding tert-OH is 2. The lowest BCUT2D eigenvalue weighted by atomic mass is 10.0. The predicted octanol–water partition coefficient (Wildman–Crippen LogP) is 14.4. The van der Waals surface area contributed by atoms with Crippen LogP contribution < -0.4 is 0 Å². The van der Waals surface area contributed by atoms with Crippen molar-refractivity contribution in [3.8, 4) is 0 Å². The smallest absolute Gasteiger partial charge is 0.306 e. The van der Waals surface area contributed by atoms with Gasteiger partial charge in [0.05, 0.1) is 6.10 Å². The van der Waals surface area contributed by atoms with Crippen LogP contribution in [0.4, 0.5) is 0 Å². The molecular weight excluding hydrogens is 723 g/mol. The maximum absolute atomic E-state index is 12.9. The summed E-state index contributed by atoms with van der Waals surface area (Å²) in [6, 6.07) is 0.411. The van der Waals surface area contributed by atoms with Gasteiger partial charge in [0.15, 0.2) is 0 Å². The van der Waals surface area contributed by atoms with Gasteiger partial charge in [0.25, 0.3) is 0 Å². The summed E-state index contributed by atoms with van der Waals surface area (Å²) in [5.41, 5.74) is 0. The average molecular weight is 824 g/mol. The van der Waals surface area contributed by atoms with Crippen LogP contribution in [0.1, 0.15) is 272 Å². The Kier molecular flexibility index (Phi) is 43.0. The van der Waals surface area contributed by atoms with Gasteiger partial charge in [-0.3, -0.25) is 14.5 Å². The molecule has 0 spiro atoms. The molecule has 0 fully saturated rings. The first-order valence-electron chi connectivity index (χ1n) is 25.8. The SMILES string of the molecule is CCCCCCCCC(CC)OC(=O)CCCCCC(O)CN(CCCCCCCC(=O)OC(CCCCCCCC)CCCCCCCC)C(CC)CCCCO. The largest absolute Gasteiger partial charge is 0.462 e. The Hall–Kier alpha value is -1.18. The highest BCUT2D eigenvalue weighted by Crippen LogP contribution is 2.20. The number of rotatable bonds is 46. The first-order chi connectivity index (χ1) is 28.3. The van der Waals surface area contributed by atoms with Crippen LogP contribution in [-0.2, 0) is 19.1 Å². The Labute approximate surface area is 361 Å². The van der Waals surface area contributed by atoms with E-state index >= 15 is 0 Å². The summed E-state index contributed by atoms with van der Waals surface area (Å²) in [7, 11) is 0. The van der Waals surface area contributed by atoms with Crippen LogP contribution in [0.5, 0.6) is 0 Å². The van der Waals surface area contributed by atoms with E-state index in [1.165, 1.54) is 109 Å². The van der Waals surface area contributed by atoms with Gasteiger partial charge in [0.2, 0.25) is 0 Å². The molecule has 7 heteroatoms. The third-order valence-electron chi connectivity index (χ3n) is 12.3. The Morgan fingerprint density at radius 1 is 0.448 bits per heavy atom. The van der Waals surface area contributed by atoms with Crippen molar-refractivity contribution in [1.82, 2.24) is 4.90 Å². The van der Waals surface area contributed by atoms with Crippen molar-refractivity contribution < 1.29 is 29.3 Å². The first kappa shape index (κ1) is 56.8. The Morgan fingerprint density at radius 2 is 0.845 bits per heavy atom. The summed E-state index contributed by atoms with van der Waals surface area (Å²) in [5.74, 6) is -0.0657. The number of unbranched alkanes of at least 4 members (excludes halogenated alkanes) is 22. The van der Waals surface area contributed by atoms with Gasteiger partial charge in [-0.1, -0.05) is 163 Å². The molecule has 0 aromatic heterocycles. The number of carbonyl (C=O) groups excluding carboxylic acids is 2. The minimum absolute atomic E-state index is 0.000312. The number of ether oxygens (including phenoxy) is 2. The molecule has 0 radical (unpaired) electrons. The fourth-order valence-corrected chi connectivity index (χ4v) is 8.42. The Bertz CT molecular complexity index is 854.